The minimum absolute atomic E-state index is 0.178. The van der Waals surface area contributed by atoms with Gasteiger partial charge < -0.3 is 20.2 Å². The monoisotopic (exact) mass is 267 g/mol. The van der Waals surface area contributed by atoms with Crippen molar-refractivity contribution in [3.05, 3.63) is 12.4 Å². The molecule has 2 rings (SSSR count). The zero-order chi connectivity index (χ0) is 13.8. The smallest absolute Gasteiger partial charge is 0.325 e. The van der Waals surface area contributed by atoms with E-state index in [9.17, 15) is 9.59 Å². The number of carbonyl (C=O) groups is 2. The molecule has 1 aliphatic heterocycles. The van der Waals surface area contributed by atoms with Gasteiger partial charge in [-0.1, -0.05) is 0 Å². The van der Waals surface area contributed by atoms with E-state index in [0.717, 1.165) is 13.1 Å². The first-order valence-electron chi connectivity index (χ1n) is 6.03. The molecule has 1 saturated heterocycles. The number of carbonyl (C=O) groups excluding carboxylic acids is 1. The molecular formula is C11H17N5O3. The molecule has 0 spiro atoms. The molecule has 1 aromatic heterocycles. The van der Waals surface area contributed by atoms with Crippen LogP contribution in [0.3, 0.4) is 0 Å². The Balaban J connectivity index is 1.88. The molecule has 19 heavy (non-hydrogen) atoms. The third-order valence-corrected chi connectivity index (χ3v) is 2.97. The molecule has 2 heterocycles. The number of hydrogen-bond acceptors (Lipinski definition) is 4. The Morgan fingerprint density at radius 1 is 1.37 bits per heavy atom. The number of anilines is 1. The molecule has 2 N–H and O–H groups in total. The quantitative estimate of drug-likeness (QED) is 0.788. The zero-order valence-corrected chi connectivity index (χ0v) is 10.7. The maximum Gasteiger partial charge on any atom is 0.325 e. The van der Waals surface area contributed by atoms with Gasteiger partial charge in [-0.3, -0.25) is 9.48 Å². The number of amides is 2. The second-order valence-electron chi connectivity index (χ2n) is 4.54. The summed E-state index contributed by atoms with van der Waals surface area (Å²) in [6.07, 6.45) is 2.94. The lowest BCUT2D eigenvalue weighted by Crippen LogP contribution is -2.48. The predicted molar refractivity (Wildman–Crippen MR) is 68.0 cm³/mol. The Bertz CT molecular complexity index is 465. The summed E-state index contributed by atoms with van der Waals surface area (Å²) in [5.74, 6) is -0.972. The number of carboxylic acid groups (broad SMARTS) is 1. The van der Waals surface area contributed by atoms with Crippen molar-refractivity contribution in [2.45, 2.75) is 6.54 Å². The summed E-state index contributed by atoms with van der Waals surface area (Å²) in [4.78, 5) is 26.4. The summed E-state index contributed by atoms with van der Waals surface area (Å²) in [6.45, 7) is 2.86. The first-order valence-corrected chi connectivity index (χ1v) is 6.03. The summed E-state index contributed by atoms with van der Waals surface area (Å²) < 4.78 is 1.27. The third-order valence-electron chi connectivity index (χ3n) is 2.97. The van der Waals surface area contributed by atoms with Crippen molar-refractivity contribution in [2.75, 3.05) is 38.5 Å². The topological polar surface area (TPSA) is 90.7 Å². The van der Waals surface area contributed by atoms with Gasteiger partial charge in [0.2, 0.25) is 0 Å². The average molecular weight is 267 g/mol. The van der Waals surface area contributed by atoms with Crippen molar-refractivity contribution in [3.63, 3.8) is 0 Å². The molecule has 8 heteroatoms. The maximum absolute atomic E-state index is 11.9. The van der Waals surface area contributed by atoms with E-state index >= 15 is 0 Å². The highest BCUT2D eigenvalue weighted by Gasteiger charge is 2.19. The summed E-state index contributed by atoms with van der Waals surface area (Å²) in [5, 5.41) is 15.2. The van der Waals surface area contributed by atoms with Gasteiger partial charge in [0, 0.05) is 32.4 Å². The van der Waals surface area contributed by atoms with Crippen molar-refractivity contribution in [2.24, 2.45) is 0 Å². The number of rotatable bonds is 3. The van der Waals surface area contributed by atoms with Crippen molar-refractivity contribution in [1.82, 2.24) is 19.6 Å². The van der Waals surface area contributed by atoms with Crippen molar-refractivity contribution in [1.29, 1.82) is 0 Å². The number of likely N-dealkylation sites (N-methyl/N-ethyl adjacent to an activating group) is 1. The van der Waals surface area contributed by atoms with E-state index < -0.39 is 5.97 Å². The second kappa shape index (κ2) is 5.70. The van der Waals surface area contributed by atoms with Crippen molar-refractivity contribution < 1.29 is 14.7 Å². The van der Waals surface area contributed by atoms with Gasteiger partial charge in [0.1, 0.15) is 6.54 Å². The molecule has 0 atom stereocenters. The molecule has 0 radical (unpaired) electrons. The largest absolute Gasteiger partial charge is 0.480 e. The van der Waals surface area contributed by atoms with E-state index in [1.807, 2.05) is 7.05 Å². The van der Waals surface area contributed by atoms with E-state index in [-0.39, 0.29) is 12.6 Å². The zero-order valence-electron chi connectivity index (χ0n) is 10.7. The molecule has 1 aliphatic rings. The van der Waals surface area contributed by atoms with Gasteiger partial charge in [-0.05, 0) is 7.05 Å². The number of aromatic nitrogens is 2. The Morgan fingerprint density at radius 2 is 2.05 bits per heavy atom. The van der Waals surface area contributed by atoms with Gasteiger partial charge in [0.05, 0.1) is 11.9 Å². The van der Waals surface area contributed by atoms with Gasteiger partial charge in [-0.2, -0.15) is 5.10 Å². The van der Waals surface area contributed by atoms with E-state index in [0.29, 0.717) is 18.8 Å². The van der Waals surface area contributed by atoms with Crippen LogP contribution in [0, 0.1) is 0 Å². The lowest BCUT2D eigenvalue weighted by Gasteiger charge is -2.32. The fraction of sp³-hybridized carbons (Fsp3) is 0.545. The normalized spacial score (nSPS) is 16.4. The fourth-order valence-corrected chi connectivity index (χ4v) is 1.87. The number of nitrogens with zero attached hydrogens (tertiary/aromatic N) is 4. The SMILES string of the molecule is CN1CCN(C(=O)Nc2cnn(CC(=O)O)c2)CC1. The molecule has 0 saturated carbocycles. The lowest BCUT2D eigenvalue weighted by molar-refractivity contribution is -0.137. The summed E-state index contributed by atoms with van der Waals surface area (Å²) in [5.41, 5.74) is 0.505. The first kappa shape index (κ1) is 13.3. The standard InChI is InChI=1S/C11H17N5O3/c1-14-2-4-15(5-3-14)11(19)13-9-6-12-16(7-9)8-10(17)18/h6-7H,2-5,8H2,1H3,(H,13,19)(H,17,18). The van der Waals surface area contributed by atoms with Crippen molar-refractivity contribution in [3.8, 4) is 0 Å². The molecule has 1 fully saturated rings. The van der Waals surface area contributed by atoms with E-state index in [1.54, 1.807) is 4.90 Å². The minimum Gasteiger partial charge on any atom is -0.480 e. The van der Waals surface area contributed by atoms with Crippen molar-refractivity contribution >= 4 is 17.7 Å². The number of nitrogens with one attached hydrogen (secondary N) is 1. The highest BCUT2D eigenvalue weighted by atomic mass is 16.4. The van der Waals surface area contributed by atoms with Gasteiger partial charge in [0.15, 0.2) is 0 Å². The Labute approximate surface area is 110 Å². The van der Waals surface area contributed by atoms with Gasteiger partial charge in [-0.15, -0.1) is 0 Å². The molecule has 0 aromatic carbocycles. The van der Waals surface area contributed by atoms with E-state index in [4.69, 9.17) is 5.11 Å². The molecule has 0 bridgehead atoms. The van der Waals surface area contributed by atoms with Crippen LogP contribution in [0.5, 0.6) is 0 Å². The van der Waals surface area contributed by atoms with Gasteiger partial charge >= 0.3 is 12.0 Å². The fourth-order valence-electron chi connectivity index (χ4n) is 1.87. The molecular weight excluding hydrogens is 250 g/mol. The summed E-state index contributed by atoms with van der Waals surface area (Å²) in [6, 6.07) is -0.178. The van der Waals surface area contributed by atoms with Crippen LogP contribution in [-0.2, 0) is 11.3 Å². The van der Waals surface area contributed by atoms with Crippen LogP contribution in [0.2, 0.25) is 0 Å². The van der Waals surface area contributed by atoms with Crippen LogP contribution in [-0.4, -0.2) is 69.9 Å². The number of hydrogen-bond donors (Lipinski definition) is 2. The van der Waals surface area contributed by atoms with Crippen LogP contribution in [0.15, 0.2) is 12.4 Å². The molecule has 0 unspecified atom stereocenters. The number of carboxylic acids is 1. The highest BCUT2D eigenvalue weighted by molar-refractivity contribution is 5.89. The molecule has 0 aliphatic carbocycles. The van der Waals surface area contributed by atoms with Crippen LogP contribution in [0.1, 0.15) is 0 Å². The summed E-state index contributed by atoms with van der Waals surface area (Å²) >= 11 is 0. The second-order valence-corrected chi connectivity index (χ2v) is 4.54. The highest BCUT2D eigenvalue weighted by Crippen LogP contribution is 2.08. The predicted octanol–water partition coefficient (Wildman–Crippen LogP) is -0.253. The Morgan fingerprint density at radius 3 is 2.68 bits per heavy atom. The number of aliphatic carboxylic acids is 1. The van der Waals surface area contributed by atoms with E-state index in [2.05, 4.69) is 15.3 Å². The van der Waals surface area contributed by atoms with Crippen LogP contribution >= 0.6 is 0 Å². The third kappa shape index (κ3) is 3.68. The molecule has 104 valence electrons. The minimum atomic E-state index is -0.972. The molecule has 8 nitrogen and oxygen atoms in total. The maximum atomic E-state index is 11.9. The van der Waals surface area contributed by atoms with Gasteiger partial charge in [0.25, 0.3) is 0 Å². The Hall–Kier alpha value is -2.09. The molecule has 1 aromatic rings. The van der Waals surface area contributed by atoms with E-state index in [1.165, 1.54) is 17.1 Å². The number of urea groups is 1. The molecule has 2 amide bonds. The lowest BCUT2D eigenvalue weighted by atomic mass is 10.3. The average Bonchev–Trinajstić information content (AvgIpc) is 2.76. The van der Waals surface area contributed by atoms with Crippen LogP contribution < -0.4 is 5.32 Å². The Kier molecular flexibility index (Phi) is 4.00. The van der Waals surface area contributed by atoms with Crippen LogP contribution in [0.4, 0.5) is 10.5 Å². The van der Waals surface area contributed by atoms with Gasteiger partial charge in [-0.25, -0.2) is 4.79 Å². The summed E-state index contributed by atoms with van der Waals surface area (Å²) in [7, 11) is 2.02. The first-order chi connectivity index (χ1) is 9.04. The van der Waals surface area contributed by atoms with Crippen LogP contribution in [0.25, 0.3) is 0 Å². The number of piperazine rings is 1.